The van der Waals surface area contributed by atoms with Crippen LogP contribution in [0.25, 0.3) is 0 Å². The standard InChI is InChI=1S/C17H25N3O/c1-3-4-5-12-20-17(16(13-21)18-19-20)11-10-15-8-6-14(2)7-9-15/h6-9,21H,3-5,10-13H2,1-2H3. The van der Waals surface area contributed by atoms with Crippen LogP contribution < -0.4 is 0 Å². The maximum atomic E-state index is 9.42. The van der Waals surface area contributed by atoms with Crippen LogP contribution in [0.5, 0.6) is 0 Å². The molecular weight excluding hydrogens is 262 g/mol. The number of nitrogens with zero attached hydrogens (tertiary/aromatic N) is 3. The predicted molar refractivity (Wildman–Crippen MR) is 84.1 cm³/mol. The molecule has 0 fully saturated rings. The molecule has 0 aliphatic rings. The fraction of sp³-hybridized carbons (Fsp3) is 0.529. The lowest BCUT2D eigenvalue weighted by Gasteiger charge is -2.08. The number of aliphatic hydroxyl groups is 1. The highest BCUT2D eigenvalue weighted by atomic mass is 16.3. The first-order valence-electron chi connectivity index (χ1n) is 7.82. The summed E-state index contributed by atoms with van der Waals surface area (Å²) in [6.07, 6.45) is 5.33. The number of unbranched alkanes of at least 4 members (excludes halogenated alkanes) is 2. The van der Waals surface area contributed by atoms with Crippen LogP contribution >= 0.6 is 0 Å². The van der Waals surface area contributed by atoms with E-state index in [-0.39, 0.29) is 6.61 Å². The molecule has 2 aromatic rings. The van der Waals surface area contributed by atoms with Gasteiger partial charge in [-0.1, -0.05) is 54.8 Å². The van der Waals surface area contributed by atoms with Crippen molar-refractivity contribution in [3.8, 4) is 0 Å². The minimum Gasteiger partial charge on any atom is -0.390 e. The largest absolute Gasteiger partial charge is 0.390 e. The molecule has 0 unspecified atom stereocenters. The summed E-state index contributed by atoms with van der Waals surface area (Å²) in [4.78, 5) is 0. The highest BCUT2D eigenvalue weighted by Gasteiger charge is 2.11. The van der Waals surface area contributed by atoms with Gasteiger partial charge in [-0.2, -0.15) is 0 Å². The summed E-state index contributed by atoms with van der Waals surface area (Å²) >= 11 is 0. The van der Waals surface area contributed by atoms with Crippen molar-refractivity contribution in [2.24, 2.45) is 0 Å². The normalized spacial score (nSPS) is 11.0. The van der Waals surface area contributed by atoms with Crippen molar-refractivity contribution in [2.45, 2.75) is 59.1 Å². The van der Waals surface area contributed by atoms with Gasteiger partial charge >= 0.3 is 0 Å². The molecule has 0 aliphatic carbocycles. The molecule has 4 heteroatoms. The Labute approximate surface area is 126 Å². The Balaban J connectivity index is 2.02. The van der Waals surface area contributed by atoms with Gasteiger partial charge in [0.15, 0.2) is 0 Å². The summed E-state index contributed by atoms with van der Waals surface area (Å²) in [6.45, 7) is 5.15. The Hall–Kier alpha value is -1.68. The molecule has 21 heavy (non-hydrogen) atoms. The number of hydrogen-bond acceptors (Lipinski definition) is 3. The lowest BCUT2D eigenvalue weighted by Crippen LogP contribution is -2.08. The lowest BCUT2D eigenvalue weighted by molar-refractivity contribution is 0.275. The van der Waals surface area contributed by atoms with E-state index in [1.54, 1.807) is 0 Å². The van der Waals surface area contributed by atoms with E-state index in [0.717, 1.165) is 37.2 Å². The number of aromatic nitrogens is 3. The van der Waals surface area contributed by atoms with E-state index < -0.39 is 0 Å². The van der Waals surface area contributed by atoms with Crippen molar-refractivity contribution in [2.75, 3.05) is 0 Å². The Morgan fingerprint density at radius 2 is 1.86 bits per heavy atom. The first-order valence-corrected chi connectivity index (χ1v) is 7.82. The number of benzene rings is 1. The average molecular weight is 287 g/mol. The minimum atomic E-state index is -0.0307. The van der Waals surface area contributed by atoms with Gasteiger partial charge in [0.25, 0.3) is 0 Å². The molecule has 0 spiro atoms. The quantitative estimate of drug-likeness (QED) is 0.759. The summed E-state index contributed by atoms with van der Waals surface area (Å²) in [5, 5.41) is 17.7. The molecule has 1 aromatic heterocycles. The third-order valence-corrected chi connectivity index (χ3v) is 3.81. The number of rotatable bonds is 8. The van der Waals surface area contributed by atoms with Crippen LogP contribution in [-0.2, 0) is 26.0 Å². The average Bonchev–Trinajstić information content (AvgIpc) is 2.89. The molecular formula is C17H25N3O. The summed E-state index contributed by atoms with van der Waals surface area (Å²) in [6, 6.07) is 8.61. The van der Waals surface area contributed by atoms with E-state index in [9.17, 15) is 5.11 Å². The van der Waals surface area contributed by atoms with E-state index in [2.05, 4.69) is 48.4 Å². The predicted octanol–water partition coefficient (Wildman–Crippen LogP) is 3.05. The second-order valence-corrected chi connectivity index (χ2v) is 5.56. The Morgan fingerprint density at radius 1 is 1.10 bits per heavy atom. The van der Waals surface area contributed by atoms with Gasteiger partial charge < -0.3 is 5.11 Å². The van der Waals surface area contributed by atoms with Crippen LogP contribution in [0.15, 0.2) is 24.3 Å². The van der Waals surface area contributed by atoms with Crippen molar-refractivity contribution in [3.63, 3.8) is 0 Å². The van der Waals surface area contributed by atoms with Gasteiger partial charge in [-0.25, -0.2) is 4.68 Å². The van der Waals surface area contributed by atoms with Crippen LogP contribution in [0.4, 0.5) is 0 Å². The molecule has 1 N–H and O–H groups in total. The van der Waals surface area contributed by atoms with E-state index in [1.807, 2.05) is 4.68 Å². The van der Waals surface area contributed by atoms with Crippen molar-refractivity contribution in [1.29, 1.82) is 0 Å². The monoisotopic (exact) mass is 287 g/mol. The van der Waals surface area contributed by atoms with Gasteiger partial charge in [0.2, 0.25) is 0 Å². The van der Waals surface area contributed by atoms with Crippen LogP contribution in [-0.4, -0.2) is 20.1 Å². The molecule has 2 rings (SSSR count). The Kier molecular flexibility index (Phi) is 5.93. The van der Waals surface area contributed by atoms with Crippen LogP contribution in [0.2, 0.25) is 0 Å². The van der Waals surface area contributed by atoms with Crippen molar-refractivity contribution in [1.82, 2.24) is 15.0 Å². The molecule has 0 amide bonds. The summed E-state index contributed by atoms with van der Waals surface area (Å²) in [5.41, 5.74) is 4.39. The van der Waals surface area contributed by atoms with E-state index in [0.29, 0.717) is 0 Å². The number of hydrogen-bond donors (Lipinski definition) is 1. The zero-order valence-electron chi connectivity index (χ0n) is 13.0. The molecule has 0 radical (unpaired) electrons. The molecule has 114 valence electrons. The SMILES string of the molecule is CCCCCn1nnc(CO)c1CCc1ccc(C)cc1. The molecule has 0 atom stereocenters. The molecule has 4 nitrogen and oxygen atoms in total. The highest BCUT2D eigenvalue weighted by Crippen LogP contribution is 2.13. The van der Waals surface area contributed by atoms with E-state index in [1.165, 1.54) is 24.0 Å². The van der Waals surface area contributed by atoms with Crippen LogP contribution in [0, 0.1) is 6.92 Å². The Bertz CT molecular complexity index is 546. The third kappa shape index (κ3) is 4.39. The van der Waals surface area contributed by atoms with E-state index in [4.69, 9.17) is 0 Å². The van der Waals surface area contributed by atoms with Gasteiger partial charge in [-0.3, -0.25) is 0 Å². The van der Waals surface area contributed by atoms with Crippen molar-refractivity contribution >= 4 is 0 Å². The van der Waals surface area contributed by atoms with Crippen molar-refractivity contribution in [3.05, 3.63) is 46.8 Å². The summed E-state index contributed by atoms with van der Waals surface area (Å²) < 4.78 is 1.97. The maximum Gasteiger partial charge on any atom is 0.111 e. The van der Waals surface area contributed by atoms with Crippen LogP contribution in [0.3, 0.4) is 0 Å². The zero-order valence-corrected chi connectivity index (χ0v) is 13.0. The smallest absolute Gasteiger partial charge is 0.111 e. The number of aryl methyl sites for hydroxylation is 3. The van der Waals surface area contributed by atoms with Gasteiger partial charge in [0.1, 0.15) is 5.69 Å². The second kappa shape index (κ2) is 7.93. The molecule has 0 saturated heterocycles. The second-order valence-electron chi connectivity index (χ2n) is 5.56. The summed E-state index contributed by atoms with van der Waals surface area (Å²) in [7, 11) is 0. The molecule has 1 heterocycles. The molecule has 1 aromatic carbocycles. The third-order valence-electron chi connectivity index (χ3n) is 3.81. The van der Waals surface area contributed by atoms with Gasteiger partial charge in [-0.05, 0) is 31.7 Å². The van der Waals surface area contributed by atoms with E-state index >= 15 is 0 Å². The molecule has 0 bridgehead atoms. The summed E-state index contributed by atoms with van der Waals surface area (Å²) in [5.74, 6) is 0. The lowest BCUT2D eigenvalue weighted by atomic mass is 10.1. The van der Waals surface area contributed by atoms with Gasteiger partial charge in [0, 0.05) is 6.54 Å². The van der Waals surface area contributed by atoms with Gasteiger partial charge in [0.05, 0.1) is 12.3 Å². The highest BCUT2D eigenvalue weighted by molar-refractivity contribution is 5.22. The van der Waals surface area contributed by atoms with Crippen LogP contribution in [0.1, 0.15) is 48.7 Å². The Morgan fingerprint density at radius 3 is 2.52 bits per heavy atom. The maximum absolute atomic E-state index is 9.42. The molecule has 0 saturated carbocycles. The minimum absolute atomic E-state index is 0.0307. The van der Waals surface area contributed by atoms with Gasteiger partial charge in [-0.15, -0.1) is 5.10 Å². The van der Waals surface area contributed by atoms with Crippen molar-refractivity contribution < 1.29 is 5.11 Å². The first-order chi connectivity index (χ1) is 10.2. The zero-order chi connectivity index (χ0) is 15.1. The number of aliphatic hydroxyl groups excluding tert-OH is 1. The fourth-order valence-electron chi connectivity index (χ4n) is 2.47. The first kappa shape index (κ1) is 15.7. The molecule has 0 aliphatic heterocycles. The topological polar surface area (TPSA) is 50.9 Å². The fourth-order valence-corrected chi connectivity index (χ4v) is 2.47.